The molecule has 1 N–H and O–H groups in total. The highest BCUT2D eigenvalue weighted by Gasteiger charge is 2.35. The molecule has 11 heteroatoms. The van der Waals surface area contributed by atoms with Crippen LogP contribution in [0.15, 0.2) is 36.7 Å². The maximum atomic E-state index is 6.14. The molecule has 7 rings (SSSR count). The van der Waals surface area contributed by atoms with E-state index in [4.69, 9.17) is 25.1 Å². The summed E-state index contributed by atoms with van der Waals surface area (Å²) in [6, 6.07) is 11.8. The Balaban J connectivity index is 1.19. The number of hydrogen-bond acceptors (Lipinski definition) is 8. The van der Waals surface area contributed by atoms with Crippen molar-refractivity contribution >= 4 is 24.8 Å². The molecule has 41 heavy (non-hydrogen) atoms. The van der Waals surface area contributed by atoms with Crippen LogP contribution in [0.25, 0.3) is 33.4 Å². The number of rotatable bonds is 10. The van der Waals surface area contributed by atoms with E-state index in [0.717, 1.165) is 64.7 Å². The summed E-state index contributed by atoms with van der Waals surface area (Å²) in [5.41, 5.74) is 4.70. The second kappa shape index (κ2) is 10.6. The number of nitrogens with one attached hydrogen (secondary N) is 1. The highest BCUT2D eigenvalue weighted by atomic mass is 28.3. The zero-order chi connectivity index (χ0) is 28.1. The zero-order valence-electron chi connectivity index (χ0n) is 24.6. The van der Waals surface area contributed by atoms with Gasteiger partial charge in [0.1, 0.15) is 12.4 Å². The lowest BCUT2D eigenvalue weighted by atomic mass is 9.98. The molecule has 3 fully saturated rings. The third kappa shape index (κ3) is 5.54. The van der Waals surface area contributed by atoms with Crippen molar-refractivity contribution in [1.29, 1.82) is 0 Å². The Hall–Kier alpha value is -3.15. The third-order valence-electron chi connectivity index (χ3n) is 8.95. The standard InChI is InChI=1S/C30H41N9OSi/c1-37(23-15-20-5-6-21(16-23)33-20)29-12-11-27(34-35-29)25-10-9-24(28-18-32-39(36-28)22-7-8-22)26-17-31-38(30(25)26)19-40-13-14-41(2,3)4/h9-12,17-18,20-23,33H,5-8,13-16,19H2,1-4H3. The van der Waals surface area contributed by atoms with Crippen molar-refractivity contribution in [3.63, 3.8) is 0 Å². The quantitative estimate of drug-likeness (QED) is 0.207. The molecule has 2 bridgehead atoms. The van der Waals surface area contributed by atoms with Gasteiger partial charge in [0.2, 0.25) is 0 Å². The van der Waals surface area contributed by atoms with Crippen molar-refractivity contribution in [2.24, 2.45) is 0 Å². The fourth-order valence-electron chi connectivity index (χ4n) is 6.33. The summed E-state index contributed by atoms with van der Waals surface area (Å²) in [4.78, 5) is 4.18. The molecule has 2 aliphatic heterocycles. The number of hydrogen-bond donors (Lipinski definition) is 1. The van der Waals surface area contributed by atoms with Gasteiger partial charge in [0.25, 0.3) is 0 Å². The number of fused-ring (bicyclic) bond motifs is 3. The van der Waals surface area contributed by atoms with Gasteiger partial charge in [-0.05, 0) is 62.8 Å². The predicted molar refractivity (Wildman–Crippen MR) is 164 cm³/mol. The molecule has 2 saturated heterocycles. The van der Waals surface area contributed by atoms with Crippen molar-refractivity contribution in [3.8, 4) is 22.5 Å². The van der Waals surface area contributed by atoms with Gasteiger partial charge in [0, 0.05) is 56.4 Å². The van der Waals surface area contributed by atoms with Crippen LogP contribution in [0, 0.1) is 0 Å². The molecule has 3 aromatic heterocycles. The Kier molecular flexibility index (Phi) is 6.91. The van der Waals surface area contributed by atoms with Crippen LogP contribution < -0.4 is 10.2 Å². The van der Waals surface area contributed by atoms with Gasteiger partial charge in [-0.25, -0.2) is 4.68 Å². The van der Waals surface area contributed by atoms with Gasteiger partial charge in [-0.3, -0.25) is 0 Å². The van der Waals surface area contributed by atoms with Gasteiger partial charge < -0.3 is 15.0 Å². The van der Waals surface area contributed by atoms with Crippen LogP contribution in [0.4, 0.5) is 5.82 Å². The number of piperidine rings is 1. The van der Waals surface area contributed by atoms with E-state index in [9.17, 15) is 0 Å². The summed E-state index contributed by atoms with van der Waals surface area (Å²) in [5, 5.41) is 28.3. The molecule has 5 heterocycles. The van der Waals surface area contributed by atoms with Crippen LogP contribution in [0.5, 0.6) is 0 Å². The summed E-state index contributed by atoms with van der Waals surface area (Å²) in [6.45, 7) is 8.24. The summed E-state index contributed by atoms with van der Waals surface area (Å²) >= 11 is 0. The molecule has 1 aliphatic carbocycles. The fraction of sp³-hybridized carbons (Fsp3) is 0.567. The molecule has 1 saturated carbocycles. The van der Waals surface area contributed by atoms with Gasteiger partial charge in [0.15, 0.2) is 5.82 Å². The van der Waals surface area contributed by atoms with Gasteiger partial charge in [-0.15, -0.1) is 10.2 Å². The van der Waals surface area contributed by atoms with E-state index in [1.807, 2.05) is 21.9 Å². The first-order valence-electron chi connectivity index (χ1n) is 15.1. The number of benzene rings is 1. The summed E-state index contributed by atoms with van der Waals surface area (Å²) in [6.07, 6.45) is 11.0. The van der Waals surface area contributed by atoms with Crippen LogP contribution in [0.2, 0.25) is 25.7 Å². The monoisotopic (exact) mass is 571 g/mol. The van der Waals surface area contributed by atoms with E-state index in [1.165, 1.54) is 25.7 Å². The Morgan fingerprint density at radius 2 is 1.71 bits per heavy atom. The van der Waals surface area contributed by atoms with E-state index in [-0.39, 0.29) is 0 Å². The molecular formula is C30H41N9OSi. The number of ether oxygens (including phenoxy) is 1. The van der Waals surface area contributed by atoms with Crippen molar-refractivity contribution < 1.29 is 4.74 Å². The van der Waals surface area contributed by atoms with Crippen LogP contribution in [0.1, 0.15) is 44.6 Å². The molecule has 3 aliphatic rings. The van der Waals surface area contributed by atoms with E-state index in [2.05, 4.69) is 66.3 Å². The normalized spacial score (nSPS) is 22.5. The second-order valence-electron chi connectivity index (χ2n) is 13.3. The van der Waals surface area contributed by atoms with Crippen molar-refractivity contribution in [2.75, 3.05) is 18.6 Å². The fourth-order valence-corrected chi connectivity index (χ4v) is 7.08. The minimum atomic E-state index is -1.18. The first-order chi connectivity index (χ1) is 19.8. The molecule has 2 atom stereocenters. The zero-order valence-corrected chi connectivity index (χ0v) is 25.6. The Bertz CT molecular complexity index is 1510. The molecule has 0 amide bonds. The highest BCUT2D eigenvalue weighted by molar-refractivity contribution is 6.76. The molecule has 4 aromatic rings. The minimum Gasteiger partial charge on any atom is -0.360 e. The molecule has 10 nitrogen and oxygen atoms in total. The maximum absolute atomic E-state index is 6.14. The van der Waals surface area contributed by atoms with Gasteiger partial charge in [-0.1, -0.05) is 25.7 Å². The van der Waals surface area contributed by atoms with Crippen molar-refractivity contribution in [2.45, 2.75) is 95.1 Å². The minimum absolute atomic E-state index is 0.394. The number of aromatic nitrogens is 7. The first-order valence-corrected chi connectivity index (χ1v) is 18.8. The highest BCUT2D eigenvalue weighted by Crippen LogP contribution is 2.37. The Morgan fingerprint density at radius 1 is 0.927 bits per heavy atom. The van der Waals surface area contributed by atoms with Gasteiger partial charge in [0.05, 0.1) is 29.6 Å². The SMILES string of the molecule is CN(c1ccc(-c2ccc(-c3cnn(C4CC4)n3)c3cnn(COCC[Si](C)(C)C)c23)nn1)C1CC2CCC(C1)N2. The number of nitrogens with zero attached hydrogens (tertiary/aromatic N) is 8. The largest absolute Gasteiger partial charge is 0.360 e. The first kappa shape index (κ1) is 26.7. The topological polar surface area (TPSA) is 98.8 Å². The molecule has 216 valence electrons. The predicted octanol–water partition coefficient (Wildman–Crippen LogP) is 5.12. The molecule has 0 radical (unpaired) electrons. The maximum Gasteiger partial charge on any atom is 0.151 e. The van der Waals surface area contributed by atoms with E-state index >= 15 is 0 Å². The van der Waals surface area contributed by atoms with E-state index in [0.29, 0.717) is 30.9 Å². The molecule has 0 spiro atoms. The Morgan fingerprint density at radius 3 is 2.41 bits per heavy atom. The summed E-state index contributed by atoms with van der Waals surface area (Å²) < 4.78 is 8.09. The van der Waals surface area contributed by atoms with Crippen LogP contribution >= 0.6 is 0 Å². The summed E-state index contributed by atoms with van der Waals surface area (Å²) in [7, 11) is 0.979. The third-order valence-corrected chi connectivity index (χ3v) is 10.7. The number of anilines is 1. The van der Waals surface area contributed by atoms with Crippen molar-refractivity contribution in [1.82, 2.24) is 40.3 Å². The summed E-state index contributed by atoms with van der Waals surface area (Å²) in [5.74, 6) is 0.924. The van der Waals surface area contributed by atoms with Crippen molar-refractivity contribution in [3.05, 3.63) is 36.7 Å². The van der Waals surface area contributed by atoms with Gasteiger partial charge in [-0.2, -0.15) is 20.1 Å². The molecule has 1 aromatic carbocycles. The second-order valence-corrected chi connectivity index (χ2v) is 19.0. The van der Waals surface area contributed by atoms with E-state index < -0.39 is 8.07 Å². The van der Waals surface area contributed by atoms with Crippen LogP contribution in [-0.2, 0) is 11.5 Å². The lowest BCUT2D eigenvalue weighted by Crippen LogP contribution is -2.47. The Labute approximate surface area is 242 Å². The van der Waals surface area contributed by atoms with Crippen LogP contribution in [0.3, 0.4) is 0 Å². The smallest absolute Gasteiger partial charge is 0.151 e. The van der Waals surface area contributed by atoms with Gasteiger partial charge >= 0.3 is 0 Å². The van der Waals surface area contributed by atoms with Crippen LogP contribution in [-0.4, -0.2) is 74.8 Å². The lowest BCUT2D eigenvalue weighted by Gasteiger charge is -2.36. The lowest BCUT2D eigenvalue weighted by molar-refractivity contribution is 0.0817. The average molecular weight is 572 g/mol. The average Bonchev–Trinajstić information content (AvgIpc) is 3.38. The molecular weight excluding hydrogens is 530 g/mol. The van der Waals surface area contributed by atoms with E-state index in [1.54, 1.807) is 0 Å². The molecule has 2 unspecified atom stereocenters.